The van der Waals surface area contributed by atoms with Crippen LogP contribution in [0.2, 0.25) is 0 Å². The van der Waals surface area contributed by atoms with Gasteiger partial charge in [-0.25, -0.2) is 9.59 Å². The highest BCUT2D eigenvalue weighted by Gasteiger charge is 2.22. The Morgan fingerprint density at radius 2 is 2.26 bits per heavy atom. The summed E-state index contributed by atoms with van der Waals surface area (Å²) >= 11 is 3.08. The monoisotopic (exact) mass is 302 g/mol. The Labute approximate surface area is 120 Å². The number of amides is 2. The molecule has 1 aromatic heterocycles. The molecule has 0 saturated carbocycles. The van der Waals surface area contributed by atoms with E-state index in [1.165, 1.54) is 11.3 Å². The molecular weight excluding hydrogens is 284 g/mol. The van der Waals surface area contributed by atoms with E-state index in [0.717, 1.165) is 18.6 Å². The molecule has 0 fully saturated rings. The Kier molecular flexibility index (Phi) is 7.35. The third kappa shape index (κ3) is 5.98. The molecule has 19 heavy (non-hydrogen) atoms. The van der Waals surface area contributed by atoms with E-state index in [1.807, 2.05) is 6.26 Å². The molecule has 7 heteroatoms. The van der Waals surface area contributed by atoms with Crippen molar-refractivity contribution in [2.24, 2.45) is 0 Å². The molecule has 1 rings (SSSR count). The number of rotatable bonds is 8. The predicted octanol–water partition coefficient (Wildman–Crippen LogP) is 2.32. The number of carbonyl (C=O) groups is 2. The largest absolute Gasteiger partial charge is 0.479 e. The standard InChI is InChI=1S/C12H18N2O3S2/c1-18-7-3-2-6-13-12(17)14-10(11(15)16)9-5-4-8-19-9/h4-5,8,10H,2-3,6-7H2,1H3,(H,15,16)(H2,13,14,17). The molecule has 1 aromatic rings. The van der Waals surface area contributed by atoms with Crippen molar-refractivity contribution in [3.8, 4) is 0 Å². The first-order chi connectivity index (χ1) is 9.15. The molecule has 2 amide bonds. The molecule has 106 valence electrons. The number of nitrogens with one attached hydrogen (secondary N) is 2. The number of unbranched alkanes of at least 4 members (excludes halogenated alkanes) is 1. The van der Waals surface area contributed by atoms with Gasteiger partial charge in [0.05, 0.1) is 0 Å². The van der Waals surface area contributed by atoms with Gasteiger partial charge in [-0.05, 0) is 36.3 Å². The van der Waals surface area contributed by atoms with Gasteiger partial charge in [-0.15, -0.1) is 11.3 Å². The maximum absolute atomic E-state index is 11.6. The van der Waals surface area contributed by atoms with E-state index in [0.29, 0.717) is 11.4 Å². The summed E-state index contributed by atoms with van der Waals surface area (Å²) in [5.41, 5.74) is 0. The fourth-order valence-electron chi connectivity index (χ4n) is 1.47. The lowest BCUT2D eigenvalue weighted by Gasteiger charge is -2.13. The first kappa shape index (κ1) is 15.8. The molecule has 5 nitrogen and oxygen atoms in total. The quantitative estimate of drug-likeness (QED) is 0.644. The number of aliphatic carboxylic acids is 1. The van der Waals surface area contributed by atoms with Crippen molar-refractivity contribution in [3.63, 3.8) is 0 Å². The first-order valence-electron chi connectivity index (χ1n) is 5.94. The number of carboxylic acids is 1. The summed E-state index contributed by atoms with van der Waals surface area (Å²) in [7, 11) is 0. The van der Waals surface area contributed by atoms with Crippen molar-refractivity contribution in [2.45, 2.75) is 18.9 Å². The van der Waals surface area contributed by atoms with Crippen LogP contribution in [0.4, 0.5) is 4.79 Å². The van der Waals surface area contributed by atoms with Crippen LogP contribution >= 0.6 is 23.1 Å². The lowest BCUT2D eigenvalue weighted by molar-refractivity contribution is -0.139. The summed E-state index contributed by atoms with van der Waals surface area (Å²) in [4.78, 5) is 23.3. The van der Waals surface area contributed by atoms with Crippen molar-refractivity contribution in [1.82, 2.24) is 10.6 Å². The van der Waals surface area contributed by atoms with Crippen LogP contribution in [0.1, 0.15) is 23.8 Å². The van der Waals surface area contributed by atoms with Crippen molar-refractivity contribution in [1.29, 1.82) is 0 Å². The van der Waals surface area contributed by atoms with E-state index in [4.69, 9.17) is 5.11 Å². The van der Waals surface area contributed by atoms with Crippen LogP contribution in [0.5, 0.6) is 0 Å². The van der Waals surface area contributed by atoms with E-state index in [2.05, 4.69) is 10.6 Å². The van der Waals surface area contributed by atoms with Crippen LogP contribution in [0.3, 0.4) is 0 Å². The van der Waals surface area contributed by atoms with E-state index >= 15 is 0 Å². The maximum atomic E-state index is 11.6. The first-order valence-corrected chi connectivity index (χ1v) is 8.22. The molecule has 3 N–H and O–H groups in total. The van der Waals surface area contributed by atoms with Crippen LogP contribution in [0.25, 0.3) is 0 Å². The minimum absolute atomic E-state index is 0.440. The summed E-state index contributed by atoms with van der Waals surface area (Å²) in [6, 6.07) is 2.04. The van der Waals surface area contributed by atoms with Crippen LogP contribution in [0.15, 0.2) is 17.5 Å². The van der Waals surface area contributed by atoms with Crippen LogP contribution in [0, 0.1) is 0 Å². The summed E-state index contributed by atoms with van der Waals surface area (Å²) in [5.74, 6) is 0.0101. The van der Waals surface area contributed by atoms with Crippen LogP contribution in [-0.4, -0.2) is 35.7 Å². The maximum Gasteiger partial charge on any atom is 0.331 e. The Hall–Kier alpha value is -1.21. The zero-order valence-corrected chi connectivity index (χ0v) is 12.4. The fraction of sp³-hybridized carbons (Fsp3) is 0.500. The summed E-state index contributed by atoms with van der Waals surface area (Å²) < 4.78 is 0. The normalized spacial score (nSPS) is 11.8. The number of thioether (sulfide) groups is 1. The van der Waals surface area contributed by atoms with Gasteiger partial charge < -0.3 is 15.7 Å². The summed E-state index contributed by atoms with van der Waals surface area (Å²) in [6.45, 7) is 0.559. The molecule has 0 aliphatic heterocycles. The van der Waals surface area contributed by atoms with Crippen LogP contribution in [-0.2, 0) is 4.79 Å². The second kappa shape index (κ2) is 8.82. The number of carbonyl (C=O) groups excluding carboxylic acids is 1. The number of hydrogen-bond acceptors (Lipinski definition) is 4. The molecule has 0 radical (unpaired) electrons. The summed E-state index contributed by atoms with van der Waals surface area (Å²) in [6.07, 6.45) is 3.97. The molecule has 0 saturated heterocycles. The Morgan fingerprint density at radius 3 is 2.84 bits per heavy atom. The Bertz CT molecular complexity index is 396. The topological polar surface area (TPSA) is 78.4 Å². The van der Waals surface area contributed by atoms with Gasteiger partial charge in [-0.1, -0.05) is 6.07 Å². The Morgan fingerprint density at radius 1 is 1.47 bits per heavy atom. The van der Waals surface area contributed by atoms with E-state index < -0.39 is 18.0 Å². The van der Waals surface area contributed by atoms with Gasteiger partial charge in [-0.2, -0.15) is 11.8 Å². The third-order valence-corrected chi connectivity index (χ3v) is 4.04. The second-order valence-electron chi connectivity index (χ2n) is 3.89. The van der Waals surface area contributed by atoms with Crippen LogP contribution < -0.4 is 10.6 Å². The molecular formula is C12H18N2O3S2. The Balaban J connectivity index is 2.34. The van der Waals surface area contributed by atoms with Crippen molar-refractivity contribution >= 4 is 35.1 Å². The fourth-order valence-corrected chi connectivity index (χ4v) is 2.73. The highest BCUT2D eigenvalue weighted by atomic mass is 32.2. The van der Waals surface area contributed by atoms with Gasteiger partial charge in [0, 0.05) is 11.4 Å². The average Bonchev–Trinajstić information content (AvgIpc) is 2.89. The highest BCUT2D eigenvalue weighted by Crippen LogP contribution is 2.18. The van der Waals surface area contributed by atoms with E-state index in [9.17, 15) is 9.59 Å². The number of hydrogen-bond donors (Lipinski definition) is 3. The second-order valence-corrected chi connectivity index (χ2v) is 5.85. The van der Waals surface area contributed by atoms with Gasteiger partial charge in [-0.3, -0.25) is 0 Å². The SMILES string of the molecule is CSCCCCNC(=O)NC(C(=O)O)c1cccs1. The van der Waals surface area contributed by atoms with Crippen molar-refractivity contribution in [2.75, 3.05) is 18.6 Å². The smallest absolute Gasteiger partial charge is 0.331 e. The molecule has 0 spiro atoms. The van der Waals surface area contributed by atoms with Gasteiger partial charge >= 0.3 is 12.0 Å². The van der Waals surface area contributed by atoms with E-state index in [-0.39, 0.29) is 0 Å². The molecule has 0 aliphatic carbocycles. The molecule has 1 unspecified atom stereocenters. The van der Waals surface area contributed by atoms with Gasteiger partial charge in [0.2, 0.25) is 0 Å². The van der Waals surface area contributed by atoms with E-state index in [1.54, 1.807) is 29.3 Å². The lowest BCUT2D eigenvalue weighted by Crippen LogP contribution is -2.40. The molecule has 1 heterocycles. The minimum Gasteiger partial charge on any atom is -0.479 e. The van der Waals surface area contributed by atoms with Gasteiger partial charge in [0.25, 0.3) is 0 Å². The zero-order chi connectivity index (χ0) is 14.1. The van der Waals surface area contributed by atoms with Crippen molar-refractivity contribution < 1.29 is 14.7 Å². The molecule has 0 bridgehead atoms. The lowest BCUT2D eigenvalue weighted by atomic mass is 10.2. The third-order valence-electron chi connectivity index (χ3n) is 2.41. The zero-order valence-electron chi connectivity index (χ0n) is 10.7. The average molecular weight is 302 g/mol. The number of thiophene rings is 1. The molecule has 0 aliphatic rings. The summed E-state index contributed by atoms with van der Waals surface area (Å²) in [5, 5.41) is 16.0. The number of urea groups is 1. The number of carboxylic acid groups (broad SMARTS) is 1. The highest BCUT2D eigenvalue weighted by molar-refractivity contribution is 7.98. The molecule has 1 atom stereocenters. The predicted molar refractivity (Wildman–Crippen MR) is 78.8 cm³/mol. The van der Waals surface area contributed by atoms with Gasteiger partial charge in [0.1, 0.15) is 0 Å². The van der Waals surface area contributed by atoms with Crippen molar-refractivity contribution in [3.05, 3.63) is 22.4 Å². The van der Waals surface area contributed by atoms with Gasteiger partial charge in [0.15, 0.2) is 6.04 Å². The minimum atomic E-state index is -1.06. The molecule has 0 aromatic carbocycles.